The number of hydrogen-bond acceptors (Lipinski definition) is 4. The Bertz CT molecular complexity index is 601. The van der Waals surface area contributed by atoms with Gasteiger partial charge in [0.1, 0.15) is 5.15 Å². The van der Waals surface area contributed by atoms with Crippen molar-refractivity contribution in [3.63, 3.8) is 0 Å². The van der Waals surface area contributed by atoms with E-state index < -0.39 is 0 Å². The number of fused-ring (bicyclic) bond motifs is 1. The van der Waals surface area contributed by atoms with Crippen LogP contribution >= 0.6 is 23.4 Å². The molecule has 1 aromatic heterocycles. The van der Waals surface area contributed by atoms with E-state index >= 15 is 0 Å². The summed E-state index contributed by atoms with van der Waals surface area (Å²) in [6.45, 7) is 2.05. The summed E-state index contributed by atoms with van der Waals surface area (Å²) in [5.74, 6) is 2.41. The van der Waals surface area contributed by atoms with Crippen LogP contribution in [-0.4, -0.2) is 9.97 Å². The predicted molar refractivity (Wildman–Crippen MR) is 76.5 cm³/mol. The molecule has 0 aliphatic carbocycles. The fraction of sp³-hybridized carbons (Fsp3) is 0.231. The molecule has 1 aliphatic heterocycles. The lowest BCUT2D eigenvalue weighted by Crippen LogP contribution is -2.02. The number of nitrogens with zero attached hydrogens (tertiary/aromatic N) is 2. The highest BCUT2D eigenvalue weighted by Gasteiger charge is 2.18. The molecule has 0 saturated heterocycles. The minimum atomic E-state index is 0.570. The standard InChI is InChI=1S/C13H12ClN3S/c1-8-4-2-3-5-10(8)15-13-16-11-7-18-6-9(11)12(14)17-13/h2-5H,6-7H2,1H3,(H,15,16,17). The molecule has 2 aromatic rings. The highest BCUT2D eigenvalue weighted by Crippen LogP contribution is 2.33. The van der Waals surface area contributed by atoms with Crippen molar-refractivity contribution in [3.05, 3.63) is 46.2 Å². The van der Waals surface area contributed by atoms with Crippen molar-refractivity contribution in [3.8, 4) is 0 Å². The van der Waals surface area contributed by atoms with Gasteiger partial charge in [0, 0.05) is 22.8 Å². The van der Waals surface area contributed by atoms with Crippen LogP contribution in [0.4, 0.5) is 11.6 Å². The lowest BCUT2D eigenvalue weighted by atomic mass is 10.2. The lowest BCUT2D eigenvalue weighted by Gasteiger charge is -2.09. The normalized spacial score (nSPS) is 13.4. The molecule has 0 unspecified atom stereocenters. The van der Waals surface area contributed by atoms with Gasteiger partial charge in [-0.3, -0.25) is 0 Å². The van der Waals surface area contributed by atoms with Crippen LogP contribution in [0.15, 0.2) is 24.3 Å². The average molecular weight is 278 g/mol. The molecule has 1 aromatic carbocycles. The van der Waals surface area contributed by atoms with Gasteiger partial charge in [-0.05, 0) is 18.6 Å². The van der Waals surface area contributed by atoms with Gasteiger partial charge in [0.2, 0.25) is 5.95 Å². The molecule has 3 nitrogen and oxygen atoms in total. The van der Waals surface area contributed by atoms with Crippen LogP contribution in [0.25, 0.3) is 0 Å². The number of benzene rings is 1. The Balaban J connectivity index is 1.95. The van der Waals surface area contributed by atoms with Crippen LogP contribution in [0, 0.1) is 6.92 Å². The van der Waals surface area contributed by atoms with E-state index in [1.807, 2.05) is 43.0 Å². The van der Waals surface area contributed by atoms with E-state index in [1.54, 1.807) is 0 Å². The number of para-hydroxylation sites is 1. The first kappa shape index (κ1) is 11.8. The Labute approximate surface area is 115 Å². The summed E-state index contributed by atoms with van der Waals surface area (Å²) in [6.07, 6.45) is 0. The van der Waals surface area contributed by atoms with Crippen LogP contribution < -0.4 is 5.32 Å². The average Bonchev–Trinajstić information content (AvgIpc) is 2.81. The highest BCUT2D eigenvalue weighted by molar-refractivity contribution is 7.98. The van der Waals surface area contributed by atoms with E-state index in [-0.39, 0.29) is 0 Å². The molecule has 5 heteroatoms. The molecule has 92 valence electrons. The number of aryl methyl sites for hydroxylation is 1. The van der Waals surface area contributed by atoms with Gasteiger partial charge in [-0.2, -0.15) is 11.8 Å². The van der Waals surface area contributed by atoms with Crippen LogP contribution in [0.5, 0.6) is 0 Å². The summed E-state index contributed by atoms with van der Waals surface area (Å²) in [7, 11) is 0. The maximum absolute atomic E-state index is 6.18. The zero-order valence-corrected chi connectivity index (χ0v) is 11.5. The van der Waals surface area contributed by atoms with Gasteiger partial charge >= 0.3 is 0 Å². The van der Waals surface area contributed by atoms with Gasteiger partial charge in [-0.15, -0.1) is 0 Å². The summed E-state index contributed by atoms with van der Waals surface area (Å²) in [5.41, 5.74) is 4.30. The third-order valence-electron chi connectivity index (χ3n) is 2.92. The topological polar surface area (TPSA) is 37.8 Å². The van der Waals surface area contributed by atoms with Crippen molar-refractivity contribution in [1.29, 1.82) is 0 Å². The molecule has 18 heavy (non-hydrogen) atoms. The summed E-state index contributed by atoms with van der Waals surface area (Å²) in [5, 5.41) is 3.80. The number of hydrogen-bond donors (Lipinski definition) is 1. The van der Waals surface area contributed by atoms with Gasteiger partial charge in [0.05, 0.1) is 5.69 Å². The fourth-order valence-electron chi connectivity index (χ4n) is 1.90. The van der Waals surface area contributed by atoms with Crippen molar-refractivity contribution >= 4 is 35.0 Å². The van der Waals surface area contributed by atoms with Crippen LogP contribution in [-0.2, 0) is 11.5 Å². The summed E-state index contributed by atoms with van der Waals surface area (Å²) in [4.78, 5) is 8.83. The Hall–Kier alpha value is -1.26. The summed E-state index contributed by atoms with van der Waals surface area (Å²) in [6, 6.07) is 8.05. The number of rotatable bonds is 2. The summed E-state index contributed by atoms with van der Waals surface area (Å²) >= 11 is 8.00. The van der Waals surface area contributed by atoms with E-state index in [4.69, 9.17) is 11.6 Å². The first-order chi connectivity index (χ1) is 8.74. The number of aromatic nitrogens is 2. The summed E-state index contributed by atoms with van der Waals surface area (Å²) < 4.78 is 0. The number of thioether (sulfide) groups is 1. The molecular formula is C13H12ClN3S. The second-order valence-electron chi connectivity index (χ2n) is 4.20. The van der Waals surface area contributed by atoms with E-state index in [1.165, 1.54) is 0 Å². The Kier molecular flexibility index (Phi) is 3.14. The lowest BCUT2D eigenvalue weighted by molar-refractivity contribution is 1.07. The third-order valence-corrected chi connectivity index (χ3v) is 4.20. The monoisotopic (exact) mass is 277 g/mol. The maximum Gasteiger partial charge on any atom is 0.228 e. The van der Waals surface area contributed by atoms with Crippen LogP contribution in [0.2, 0.25) is 5.15 Å². The van der Waals surface area contributed by atoms with Crippen molar-refractivity contribution < 1.29 is 0 Å². The molecule has 3 rings (SSSR count). The zero-order valence-electron chi connectivity index (χ0n) is 9.90. The van der Waals surface area contributed by atoms with Gasteiger partial charge in [0.15, 0.2) is 0 Å². The molecule has 2 heterocycles. The zero-order chi connectivity index (χ0) is 12.5. The second kappa shape index (κ2) is 4.78. The Morgan fingerprint density at radius 3 is 2.89 bits per heavy atom. The van der Waals surface area contributed by atoms with Gasteiger partial charge < -0.3 is 5.32 Å². The van der Waals surface area contributed by atoms with Crippen LogP contribution in [0.1, 0.15) is 16.8 Å². The molecule has 0 fully saturated rings. The molecule has 0 atom stereocenters. The number of nitrogens with one attached hydrogen (secondary N) is 1. The number of halogens is 1. The van der Waals surface area contributed by atoms with Crippen molar-refractivity contribution in [2.75, 3.05) is 5.32 Å². The van der Waals surface area contributed by atoms with E-state index in [0.717, 1.165) is 34.0 Å². The minimum Gasteiger partial charge on any atom is -0.324 e. The highest BCUT2D eigenvalue weighted by atomic mass is 35.5. The molecule has 0 bridgehead atoms. The fourth-order valence-corrected chi connectivity index (χ4v) is 3.28. The van der Waals surface area contributed by atoms with Crippen molar-refractivity contribution in [2.45, 2.75) is 18.4 Å². The van der Waals surface area contributed by atoms with E-state index in [9.17, 15) is 0 Å². The van der Waals surface area contributed by atoms with Gasteiger partial charge in [0.25, 0.3) is 0 Å². The smallest absolute Gasteiger partial charge is 0.228 e. The Morgan fingerprint density at radius 1 is 1.22 bits per heavy atom. The molecular weight excluding hydrogens is 266 g/mol. The molecule has 0 radical (unpaired) electrons. The first-order valence-electron chi connectivity index (χ1n) is 5.70. The SMILES string of the molecule is Cc1ccccc1Nc1nc(Cl)c2c(n1)CSC2. The molecule has 0 saturated carbocycles. The van der Waals surface area contributed by atoms with Gasteiger partial charge in [-0.1, -0.05) is 29.8 Å². The van der Waals surface area contributed by atoms with E-state index in [0.29, 0.717) is 11.1 Å². The largest absolute Gasteiger partial charge is 0.324 e. The minimum absolute atomic E-state index is 0.570. The van der Waals surface area contributed by atoms with Crippen molar-refractivity contribution in [1.82, 2.24) is 9.97 Å². The third kappa shape index (κ3) is 2.18. The van der Waals surface area contributed by atoms with Gasteiger partial charge in [-0.25, -0.2) is 9.97 Å². The van der Waals surface area contributed by atoms with E-state index in [2.05, 4.69) is 15.3 Å². The Morgan fingerprint density at radius 2 is 2.06 bits per heavy atom. The molecule has 0 spiro atoms. The predicted octanol–water partition coefficient (Wildman–Crippen LogP) is 3.93. The maximum atomic E-state index is 6.18. The van der Waals surface area contributed by atoms with Crippen LogP contribution in [0.3, 0.4) is 0 Å². The van der Waals surface area contributed by atoms with Crippen molar-refractivity contribution in [2.24, 2.45) is 0 Å². The second-order valence-corrected chi connectivity index (χ2v) is 5.54. The molecule has 0 amide bonds. The first-order valence-corrected chi connectivity index (χ1v) is 7.23. The molecule has 1 N–H and O–H groups in total. The quantitative estimate of drug-likeness (QED) is 0.844. The number of anilines is 2. The molecule has 1 aliphatic rings.